The second kappa shape index (κ2) is 4.83. The Morgan fingerprint density at radius 1 is 1.73 bits per heavy atom. The summed E-state index contributed by atoms with van der Waals surface area (Å²) >= 11 is 7.72. The number of rotatable bonds is 3. The zero-order chi connectivity index (χ0) is 10.8. The minimum absolute atomic E-state index is 0.152. The van der Waals surface area contributed by atoms with Crippen molar-refractivity contribution in [1.82, 2.24) is 5.32 Å². The van der Waals surface area contributed by atoms with E-state index in [1.807, 2.05) is 6.92 Å². The van der Waals surface area contributed by atoms with Crippen LogP contribution >= 0.6 is 22.9 Å². The van der Waals surface area contributed by atoms with Gasteiger partial charge in [-0.2, -0.15) is 0 Å². The summed E-state index contributed by atoms with van der Waals surface area (Å²) in [6.45, 7) is 2.19. The van der Waals surface area contributed by atoms with Gasteiger partial charge >= 0.3 is 0 Å². The molecule has 84 valence electrons. The molecule has 2 unspecified atom stereocenters. The van der Waals surface area contributed by atoms with Crippen LogP contribution in [0.4, 0.5) is 0 Å². The fourth-order valence-corrected chi connectivity index (χ4v) is 3.47. The SMILES string of the molecule is CC(CO)NC1CCCc2sc(Cl)cc21. The van der Waals surface area contributed by atoms with Gasteiger partial charge in [0, 0.05) is 17.0 Å². The topological polar surface area (TPSA) is 32.3 Å². The van der Waals surface area contributed by atoms with E-state index >= 15 is 0 Å². The Morgan fingerprint density at radius 2 is 2.53 bits per heavy atom. The molecule has 1 aromatic rings. The fraction of sp³-hybridized carbons (Fsp3) is 0.636. The first kappa shape index (κ1) is 11.4. The second-order valence-corrected chi connectivity index (χ2v) is 5.89. The van der Waals surface area contributed by atoms with Crippen molar-refractivity contribution in [2.75, 3.05) is 6.61 Å². The molecular formula is C11H16ClNOS. The molecule has 2 nitrogen and oxygen atoms in total. The Kier molecular flexibility index (Phi) is 3.67. The monoisotopic (exact) mass is 245 g/mol. The molecule has 1 aromatic heterocycles. The van der Waals surface area contributed by atoms with Gasteiger partial charge in [-0.1, -0.05) is 11.6 Å². The summed E-state index contributed by atoms with van der Waals surface area (Å²) in [5.41, 5.74) is 1.34. The van der Waals surface area contributed by atoms with Crippen LogP contribution in [0.15, 0.2) is 6.07 Å². The lowest BCUT2D eigenvalue weighted by Crippen LogP contribution is -2.34. The average molecular weight is 246 g/mol. The maximum Gasteiger partial charge on any atom is 0.0934 e. The standard InChI is InChI=1S/C11H16ClNOS/c1-7(6-14)13-9-3-2-4-10-8(9)5-11(12)15-10/h5,7,9,13-14H,2-4,6H2,1H3. The molecule has 2 rings (SSSR count). The van der Waals surface area contributed by atoms with Gasteiger partial charge in [0.2, 0.25) is 0 Å². The molecular weight excluding hydrogens is 230 g/mol. The fourth-order valence-electron chi connectivity index (χ4n) is 2.09. The summed E-state index contributed by atoms with van der Waals surface area (Å²) in [5.74, 6) is 0. The van der Waals surface area contributed by atoms with Crippen molar-refractivity contribution >= 4 is 22.9 Å². The Bertz CT molecular complexity index is 339. The average Bonchev–Trinajstić information content (AvgIpc) is 2.59. The van der Waals surface area contributed by atoms with E-state index in [-0.39, 0.29) is 12.6 Å². The summed E-state index contributed by atoms with van der Waals surface area (Å²) in [5, 5.41) is 12.5. The van der Waals surface area contributed by atoms with Crippen LogP contribution in [0.5, 0.6) is 0 Å². The first-order valence-electron chi connectivity index (χ1n) is 5.35. The predicted octanol–water partition coefficient (Wildman–Crippen LogP) is 2.75. The zero-order valence-electron chi connectivity index (χ0n) is 8.79. The van der Waals surface area contributed by atoms with E-state index in [0.29, 0.717) is 6.04 Å². The number of halogens is 1. The number of fused-ring (bicyclic) bond motifs is 1. The van der Waals surface area contributed by atoms with E-state index in [4.69, 9.17) is 16.7 Å². The number of aliphatic hydroxyl groups is 1. The summed E-state index contributed by atoms with van der Waals surface area (Å²) < 4.78 is 0.880. The van der Waals surface area contributed by atoms with Gasteiger partial charge in [-0.3, -0.25) is 0 Å². The summed E-state index contributed by atoms with van der Waals surface area (Å²) in [7, 11) is 0. The molecule has 0 bridgehead atoms. The van der Waals surface area contributed by atoms with E-state index in [2.05, 4.69) is 11.4 Å². The predicted molar refractivity (Wildman–Crippen MR) is 64.7 cm³/mol. The molecule has 1 aliphatic rings. The summed E-state index contributed by atoms with van der Waals surface area (Å²) in [6, 6.07) is 2.60. The Labute approximate surface area is 99.3 Å². The normalized spacial score (nSPS) is 22.5. The van der Waals surface area contributed by atoms with Crippen LogP contribution in [-0.2, 0) is 6.42 Å². The van der Waals surface area contributed by atoms with Gasteiger partial charge in [-0.15, -0.1) is 11.3 Å². The molecule has 4 heteroatoms. The number of nitrogens with one attached hydrogen (secondary N) is 1. The summed E-state index contributed by atoms with van der Waals surface area (Å²) in [6.07, 6.45) is 3.50. The van der Waals surface area contributed by atoms with E-state index in [9.17, 15) is 0 Å². The van der Waals surface area contributed by atoms with Crippen molar-refractivity contribution in [2.45, 2.75) is 38.3 Å². The van der Waals surface area contributed by atoms with Gasteiger partial charge in [0.15, 0.2) is 0 Å². The van der Waals surface area contributed by atoms with Crippen LogP contribution in [0.2, 0.25) is 4.34 Å². The van der Waals surface area contributed by atoms with Crippen LogP contribution < -0.4 is 5.32 Å². The van der Waals surface area contributed by atoms with Gasteiger partial charge in [0.05, 0.1) is 10.9 Å². The van der Waals surface area contributed by atoms with Crippen LogP contribution in [0.25, 0.3) is 0 Å². The molecule has 1 aliphatic carbocycles. The van der Waals surface area contributed by atoms with E-state index in [1.54, 1.807) is 11.3 Å². The molecule has 0 saturated carbocycles. The molecule has 0 saturated heterocycles. The van der Waals surface area contributed by atoms with Crippen molar-refractivity contribution in [2.24, 2.45) is 0 Å². The highest BCUT2D eigenvalue weighted by Gasteiger charge is 2.23. The molecule has 15 heavy (non-hydrogen) atoms. The highest BCUT2D eigenvalue weighted by atomic mass is 35.5. The Morgan fingerprint density at radius 3 is 3.27 bits per heavy atom. The van der Waals surface area contributed by atoms with Crippen LogP contribution in [0.3, 0.4) is 0 Å². The first-order valence-corrected chi connectivity index (χ1v) is 6.55. The van der Waals surface area contributed by atoms with Crippen molar-refractivity contribution in [3.63, 3.8) is 0 Å². The number of aliphatic hydroxyl groups excluding tert-OH is 1. The Balaban J connectivity index is 2.14. The van der Waals surface area contributed by atoms with Crippen LogP contribution in [0, 0.1) is 0 Å². The van der Waals surface area contributed by atoms with Gasteiger partial charge in [-0.25, -0.2) is 0 Å². The number of hydrogen-bond acceptors (Lipinski definition) is 3. The van der Waals surface area contributed by atoms with Crippen molar-refractivity contribution in [3.8, 4) is 0 Å². The molecule has 2 atom stereocenters. The molecule has 0 radical (unpaired) electrons. The van der Waals surface area contributed by atoms with Gasteiger partial charge in [0.1, 0.15) is 0 Å². The molecule has 0 aromatic carbocycles. The molecule has 0 spiro atoms. The van der Waals surface area contributed by atoms with E-state index in [1.165, 1.54) is 16.9 Å². The minimum Gasteiger partial charge on any atom is -0.395 e. The van der Waals surface area contributed by atoms with Crippen molar-refractivity contribution in [1.29, 1.82) is 0 Å². The molecule has 0 aliphatic heterocycles. The lowest BCUT2D eigenvalue weighted by atomic mass is 9.93. The lowest BCUT2D eigenvalue weighted by molar-refractivity contribution is 0.236. The van der Waals surface area contributed by atoms with E-state index < -0.39 is 0 Å². The molecule has 0 fully saturated rings. The second-order valence-electron chi connectivity index (χ2n) is 4.12. The third kappa shape index (κ3) is 2.53. The number of hydrogen-bond donors (Lipinski definition) is 2. The third-order valence-corrected chi connectivity index (χ3v) is 4.18. The van der Waals surface area contributed by atoms with Gasteiger partial charge < -0.3 is 10.4 Å². The quantitative estimate of drug-likeness (QED) is 0.858. The number of aryl methyl sites for hydroxylation is 1. The van der Waals surface area contributed by atoms with Crippen LogP contribution in [0.1, 0.15) is 36.2 Å². The molecule has 0 amide bonds. The third-order valence-electron chi connectivity index (χ3n) is 2.84. The highest BCUT2D eigenvalue weighted by molar-refractivity contribution is 7.16. The Hall–Kier alpha value is -0.0900. The van der Waals surface area contributed by atoms with Crippen molar-refractivity contribution < 1.29 is 5.11 Å². The highest BCUT2D eigenvalue weighted by Crippen LogP contribution is 2.37. The van der Waals surface area contributed by atoms with E-state index in [0.717, 1.165) is 17.2 Å². The first-order chi connectivity index (χ1) is 7.20. The van der Waals surface area contributed by atoms with Crippen molar-refractivity contribution in [3.05, 3.63) is 20.8 Å². The lowest BCUT2D eigenvalue weighted by Gasteiger charge is -2.26. The van der Waals surface area contributed by atoms with Crippen LogP contribution in [-0.4, -0.2) is 17.8 Å². The smallest absolute Gasteiger partial charge is 0.0934 e. The molecule has 1 heterocycles. The minimum atomic E-state index is 0.152. The van der Waals surface area contributed by atoms with Gasteiger partial charge in [0.25, 0.3) is 0 Å². The molecule has 2 N–H and O–H groups in total. The zero-order valence-corrected chi connectivity index (χ0v) is 10.4. The largest absolute Gasteiger partial charge is 0.395 e. The van der Waals surface area contributed by atoms with Gasteiger partial charge in [-0.05, 0) is 37.8 Å². The summed E-state index contributed by atoms with van der Waals surface area (Å²) in [4.78, 5) is 1.41. The maximum absolute atomic E-state index is 9.03. The maximum atomic E-state index is 9.03. The number of thiophene rings is 1.